The largest absolute Gasteiger partial charge is 1.00 e. The van der Waals surface area contributed by atoms with E-state index in [0.29, 0.717) is 35.8 Å². The average molecular weight is 1040 g/mol. The van der Waals surface area contributed by atoms with Gasteiger partial charge in [0.15, 0.2) is 0 Å². The van der Waals surface area contributed by atoms with Crippen LogP contribution in [-0.2, 0) is 68.9 Å². The van der Waals surface area contributed by atoms with E-state index in [1.54, 1.807) is 0 Å². The van der Waals surface area contributed by atoms with Crippen LogP contribution in [-0.4, -0.2) is 22.1 Å². The second kappa shape index (κ2) is 20.8. The van der Waals surface area contributed by atoms with E-state index in [4.69, 9.17) is 21.7 Å². The summed E-state index contributed by atoms with van der Waals surface area (Å²) in [5.74, 6) is 2.04. The third kappa shape index (κ3) is 14.9. The summed E-state index contributed by atoms with van der Waals surface area (Å²) in [5.41, 5.74) is 11.0. The first kappa shape index (κ1) is 63.2. The van der Waals surface area contributed by atoms with E-state index in [1.165, 1.54) is 11.1 Å². The van der Waals surface area contributed by atoms with Crippen molar-refractivity contribution in [3.05, 3.63) is 115 Å². The number of benzene rings is 4. The zero-order valence-electron chi connectivity index (χ0n) is 48.4. The van der Waals surface area contributed by atoms with Gasteiger partial charge in [-0.2, -0.15) is 0 Å². The maximum atomic E-state index is 14.0. The van der Waals surface area contributed by atoms with Gasteiger partial charge >= 0.3 is 61.8 Å². The van der Waals surface area contributed by atoms with E-state index < -0.39 is 15.6 Å². The van der Waals surface area contributed by atoms with Crippen LogP contribution in [0.15, 0.2) is 48.5 Å². The average Bonchev–Trinajstić information content (AvgIpc) is 3.12. The van der Waals surface area contributed by atoms with Gasteiger partial charge in [-0.05, 0) is 87.8 Å². The number of phosphoric acid groups is 2. The van der Waals surface area contributed by atoms with Gasteiger partial charge in [0.05, 0.1) is 0 Å². The zero-order chi connectivity index (χ0) is 52.8. The van der Waals surface area contributed by atoms with E-state index >= 15 is 0 Å². The summed E-state index contributed by atoms with van der Waals surface area (Å²) in [4.78, 5) is 13.3. The molecule has 6 rings (SSSR count). The molecule has 0 saturated carbocycles. The Morgan fingerprint density at radius 1 is 0.394 bits per heavy atom. The second-order valence-corrected chi connectivity index (χ2v) is 31.3. The van der Waals surface area contributed by atoms with Crippen molar-refractivity contribution < 1.29 is 70.7 Å². The van der Waals surface area contributed by atoms with E-state index in [9.17, 15) is 14.0 Å². The normalized spacial score (nSPS) is 16.0. The van der Waals surface area contributed by atoms with Crippen molar-refractivity contribution in [3.8, 4) is 23.0 Å². The molecule has 2 N–H and O–H groups in total. The molecule has 0 unspecified atom stereocenters. The molecule has 1 radical (unpaired) electrons. The van der Waals surface area contributed by atoms with Crippen molar-refractivity contribution >= 4 is 32.3 Å². The molecule has 13 heteroatoms. The number of phosphoric ester groups is 2. The maximum absolute atomic E-state index is 14.0. The van der Waals surface area contributed by atoms with Crippen molar-refractivity contribution in [3.63, 3.8) is 0 Å². The van der Waals surface area contributed by atoms with E-state index in [2.05, 4.69) is 215 Å². The molecular weight excluding hydrogens is 953 g/mol. The standard InChI is InChI=1S/2C29H43O4P.Al.Na.H2O.H/c2*1-26(2,3)20-14-18-13-19-15-21(27(4,5)6)17-23(29(10,11)12)25(19)33-34(30,31)32-24(18)22(16-20)28(7,8)9;;;;/h2*14-17H,13H2,1-12H3,(H,30,31);;;1H2;/q;;2*+1;;/p-2. The quantitative estimate of drug-likeness (QED) is 0.136. The predicted molar refractivity (Wildman–Crippen MR) is 291 cm³/mol. The van der Waals surface area contributed by atoms with E-state index in [1.807, 2.05) is 0 Å². The smallest absolute Gasteiger partial charge is 0.736 e. The molecule has 0 aromatic heterocycles. The molecule has 4 aromatic carbocycles. The second-order valence-electron chi connectivity index (χ2n) is 27.8. The molecule has 0 bridgehead atoms. The number of hydrogen-bond acceptors (Lipinski definition) is 8. The minimum Gasteiger partial charge on any atom is -0.736 e. The van der Waals surface area contributed by atoms with Crippen LogP contribution < -0.4 is 52.5 Å². The molecule has 71 heavy (non-hydrogen) atoms. The Labute approximate surface area is 460 Å². The summed E-state index contributed by atoms with van der Waals surface area (Å²) in [7, 11) is -8.60. The van der Waals surface area contributed by atoms with Gasteiger partial charge in [-0.3, -0.25) is 0 Å². The fourth-order valence-corrected chi connectivity index (χ4v) is 10.9. The van der Waals surface area contributed by atoms with Crippen LogP contribution in [0.5, 0.6) is 23.0 Å². The molecule has 4 aromatic rings. The Hall–Kier alpha value is -2.05. The van der Waals surface area contributed by atoms with E-state index in [0.717, 1.165) is 72.3 Å². The summed E-state index contributed by atoms with van der Waals surface area (Å²) >= 11 is 1.16. The first-order valence-corrected chi connectivity index (χ1v) is 28.1. The Kier molecular flexibility index (Phi) is 18.5. The third-order valence-electron chi connectivity index (χ3n) is 13.1. The van der Waals surface area contributed by atoms with Crippen LogP contribution in [0.2, 0.25) is 0 Å². The van der Waals surface area contributed by atoms with Crippen molar-refractivity contribution in [2.45, 2.75) is 222 Å². The minimum absolute atomic E-state index is 0. The molecule has 0 fully saturated rings. The fraction of sp³-hybridized carbons (Fsp3) is 0.586. The Balaban J connectivity index is 0.000000365. The molecule has 0 atom stereocenters. The summed E-state index contributed by atoms with van der Waals surface area (Å²) in [6, 6.07) is 17.2. The van der Waals surface area contributed by atoms with Gasteiger partial charge < -0.3 is 32.0 Å². The van der Waals surface area contributed by atoms with Gasteiger partial charge in [-0.1, -0.05) is 215 Å². The van der Waals surface area contributed by atoms with Crippen LogP contribution in [0, 0.1) is 0 Å². The van der Waals surface area contributed by atoms with Gasteiger partial charge in [0.2, 0.25) is 0 Å². The maximum Gasteiger partial charge on any atom is 1.00 e. The van der Waals surface area contributed by atoms with Gasteiger partial charge in [-0.25, -0.2) is 9.13 Å². The predicted octanol–water partition coefficient (Wildman–Crippen LogP) is 12.1. The molecule has 2 heterocycles. The summed E-state index contributed by atoms with van der Waals surface area (Å²) < 4.78 is 56.7. The molecule has 2 aliphatic rings. The zero-order valence-corrected chi connectivity index (χ0v) is 53.6. The van der Waals surface area contributed by atoms with Gasteiger partial charge in [0.25, 0.3) is 0 Å². The molecule has 387 valence electrons. The molecule has 0 spiro atoms. The van der Waals surface area contributed by atoms with Crippen LogP contribution in [0.4, 0.5) is 0 Å². The van der Waals surface area contributed by atoms with Gasteiger partial charge in [-0.15, -0.1) is 0 Å². The summed E-state index contributed by atoms with van der Waals surface area (Å²) in [6.45, 7) is 51.8. The van der Waals surface area contributed by atoms with Crippen molar-refractivity contribution in [2.24, 2.45) is 0 Å². The van der Waals surface area contributed by atoms with E-state index in [-0.39, 0.29) is 78.4 Å². The molecule has 2 aliphatic heterocycles. The minimum atomic E-state index is -4.68. The topological polar surface area (TPSA) is 135 Å². The van der Waals surface area contributed by atoms with Crippen molar-refractivity contribution in [1.82, 2.24) is 0 Å². The number of hydrogen-bond donors (Lipinski definition) is 0. The van der Waals surface area contributed by atoms with Crippen LogP contribution >= 0.6 is 15.6 Å². The number of rotatable bonds is 1. The molecule has 0 amide bonds. The monoisotopic (exact) mass is 1040 g/mol. The number of fused-ring (bicyclic) bond motifs is 4. The SMILES string of the molecule is CC(C)(C)c1cc2c(c(C(C)(C)C)c1)OP(=O)([O-])Oc1c(cc(C(C)(C)C)cc1C(C)(C)C)C2.CC(C)(C)c1cc2c(c(C(C)(C)C)c1)OP(=O)([O][AlH])Oc1c(cc(C(C)(C)C)cc1C(C)(C)C)C2.O.[Na+]. The molecular formula is C58H87AlNaO9P2. The third-order valence-corrected chi connectivity index (χ3v) is 16.0. The van der Waals surface area contributed by atoms with Gasteiger partial charge in [0.1, 0.15) is 23.0 Å². The first-order valence-electron chi connectivity index (χ1n) is 24.6. The fourth-order valence-electron chi connectivity index (χ4n) is 8.62. The summed E-state index contributed by atoms with van der Waals surface area (Å²) in [6.07, 6.45) is 1.15. The molecule has 0 aliphatic carbocycles. The van der Waals surface area contributed by atoms with Crippen LogP contribution in [0.1, 0.15) is 233 Å². The van der Waals surface area contributed by atoms with Crippen molar-refractivity contribution in [1.29, 1.82) is 0 Å². The summed E-state index contributed by atoms with van der Waals surface area (Å²) in [5, 5.41) is 0. The van der Waals surface area contributed by atoms with Crippen molar-refractivity contribution in [2.75, 3.05) is 0 Å². The van der Waals surface area contributed by atoms with Gasteiger partial charge in [0, 0.05) is 35.1 Å². The Bertz CT molecular complexity index is 2530. The Morgan fingerprint density at radius 2 is 0.592 bits per heavy atom. The molecule has 9 nitrogen and oxygen atoms in total. The van der Waals surface area contributed by atoms with Crippen LogP contribution in [0.25, 0.3) is 0 Å². The first-order chi connectivity index (χ1) is 30.7. The molecule has 0 saturated heterocycles. The van der Waals surface area contributed by atoms with Crippen LogP contribution in [0.3, 0.4) is 0 Å². The Morgan fingerprint density at radius 3 is 0.761 bits per heavy atom.